The maximum Gasteiger partial charge on any atom is 0.253 e. The first-order valence-electron chi connectivity index (χ1n) is 9.29. The molecule has 0 aliphatic carbocycles. The highest BCUT2D eigenvalue weighted by atomic mass is 35.5. The van der Waals surface area contributed by atoms with Crippen molar-refractivity contribution in [1.82, 2.24) is 9.62 Å². The van der Waals surface area contributed by atoms with Crippen LogP contribution in [0.5, 0.6) is 0 Å². The van der Waals surface area contributed by atoms with E-state index in [4.69, 9.17) is 11.6 Å². The molecule has 2 aromatic carbocycles. The highest BCUT2D eigenvalue weighted by Gasteiger charge is 2.19. The summed E-state index contributed by atoms with van der Waals surface area (Å²) >= 11 is 5.81. The molecule has 0 aromatic heterocycles. The van der Waals surface area contributed by atoms with Gasteiger partial charge < -0.3 is 10.2 Å². The van der Waals surface area contributed by atoms with E-state index in [1.54, 1.807) is 36.4 Å². The predicted octanol–water partition coefficient (Wildman–Crippen LogP) is 2.88. The largest absolute Gasteiger partial charge is 0.339 e. The van der Waals surface area contributed by atoms with Crippen LogP contribution in [-0.2, 0) is 14.8 Å². The number of nitrogens with zero attached hydrogens (tertiary/aromatic N) is 1. The number of likely N-dealkylation sites (tertiary alicyclic amines) is 1. The first-order chi connectivity index (χ1) is 13.8. The van der Waals surface area contributed by atoms with Crippen LogP contribution in [0.3, 0.4) is 0 Å². The van der Waals surface area contributed by atoms with Crippen molar-refractivity contribution in [2.24, 2.45) is 0 Å². The van der Waals surface area contributed by atoms with Crippen molar-refractivity contribution in [3.05, 3.63) is 59.1 Å². The third kappa shape index (κ3) is 5.79. The van der Waals surface area contributed by atoms with Gasteiger partial charge in [-0.2, -0.15) is 0 Å². The van der Waals surface area contributed by atoms with Gasteiger partial charge in [-0.05, 0) is 55.3 Å². The number of sulfonamides is 1. The zero-order chi connectivity index (χ0) is 20.9. The number of hydrogen-bond acceptors (Lipinski definition) is 4. The summed E-state index contributed by atoms with van der Waals surface area (Å²) in [5.74, 6) is -0.340. The standard InChI is InChI=1S/C20H22ClN3O4S/c21-16-4-3-5-18(14-16)29(27,28)22-11-10-19(25)23-17-8-6-15(7-9-17)20(26)24-12-1-2-13-24/h3-9,14,22H,1-2,10-13H2,(H,23,25). The van der Waals surface area contributed by atoms with E-state index < -0.39 is 10.0 Å². The van der Waals surface area contributed by atoms with E-state index in [9.17, 15) is 18.0 Å². The maximum atomic E-state index is 12.3. The maximum absolute atomic E-state index is 12.3. The minimum absolute atomic E-state index is 0.00389. The third-order valence-electron chi connectivity index (χ3n) is 4.56. The molecule has 9 heteroatoms. The monoisotopic (exact) mass is 435 g/mol. The lowest BCUT2D eigenvalue weighted by Crippen LogP contribution is -2.28. The fourth-order valence-corrected chi connectivity index (χ4v) is 4.37. The second-order valence-corrected chi connectivity index (χ2v) is 8.93. The molecule has 0 bridgehead atoms. The summed E-state index contributed by atoms with van der Waals surface area (Å²) < 4.78 is 26.8. The summed E-state index contributed by atoms with van der Waals surface area (Å²) in [7, 11) is -3.73. The number of rotatable bonds is 7. The van der Waals surface area contributed by atoms with Crippen molar-refractivity contribution >= 4 is 39.1 Å². The number of anilines is 1. The SMILES string of the molecule is O=C(CCNS(=O)(=O)c1cccc(Cl)c1)Nc1ccc(C(=O)N2CCCC2)cc1. The van der Waals surface area contributed by atoms with Gasteiger partial charge in [0.05, 0.1) is 4.90 Å². The smallest absolute Gasteiger partial charge is 0.253 e. The number of hydrogen-bond donors (Lipinski definition) is 2. The van der Waals surface area contributed by atoms with Crippen LogP contribution in [0, 0.1) is 0 Å². The summed E-state index contributed by atoms with van der Waals surface area (Å²) in [6, 6.07) is 12.6. The van der Waals surface area contributed by atoms with E-state index in [0.717, 1.165) is 25.9 Å². The van der Waals surface area contributed by atoms with E-state index in [0.29, 0.717) is 16.3 Å². The Morgan fingerprint density at radius 3 is 2.38 bits per heavy atom. The Morgan fingerprint density at radius 2 is 1.72 bits per heavy atom. The van der Waals surface area contributed by atoms with E-state index in [1.165, 1.54) is 12.1 Å². The molecule has 1 fully saturated rings. The van der Waals surface area contributed by atoms with Crippen LogP contribution in [0.2, 0.25) is 5.02 Å². The molecule has 1 saturated heterocycles. The molecule has 29 heavy (non-hydrogen) atoms. The van der Waals surface area contributed by atoms with Crippen molar-refractivity contribution in [3.8, 4) is 0 Å². The molecule has 0 radical (unpaired) electrons. The quantitative estimate of drug-likeness (QED) is 0.699. The van der Waals surface area contributed by atoms with Gasteiger partial charge >= 0.3 is 0 Å². The third-order valence-corrected chi connectivity index (χ3v) is 6.25. The Morgan fingerprint density at radius 1 is 1.03 bits per heavy atom. The molecule has 7 nitrogen and oxygen atoms in total. The number of halogens is 1. The molecule has 1 aliphatic rings. The summed E-state index contributed by atoms with van der Waals surface area (Å²) in [4.78, 5) is 26.3. The van der Waals surface area contributed by atoms with E-state index in [-0.39, 0.29) is 29.7 Å². The number of carbonyl (C=O) groups is 2. The summed E-state index contributed by atoms with van der Waals surface area (Å²) in [5.41, 5.74) is 1.13. The van der Waals surface area contributed by atoms with Gasteiger partial charge in [0.1, 0.15) is 0 Å². The van der Waals surface area contributed by atoms with Crippen molar-refractivity contribution in [1.29, 1.82) is 0 Å². The Labute approximate surface area is 175 Å². The van der Waals surface area contributed by atoms with Gasteiger partial charge in [0.25, 0.3) is 5.91 Å². The number of carbonyl (C=O) groups excluding carboxylic acids is 2. The van der Waals surface area contributed by atoms with Crippen LogP contribution in [0.25, 0.3) is 0 Å². The number of nitrogens with one attached hydrogen (secondary N) is 2. The zero-order valence-electron chi connectivity index (χ0n) is 15.7. The van der Waals surface area contributed by atoms with Crippen LogP contribution in [0.15, 0.2) is 53.4 Å². The zero-order valence-corrected chi connectivity index (χ0v) is 17.3. The highest BCUT2D eigenvalue weighted by Crippen LogP contribution is 2.16. The lowest BCUT2D eigenvalue weighted by Gasteiger charge is -2.15. The van der Waals surface area contributed by atoms with Crippen molar-refractivity contribution in [3.63, 3.8) is 0 Å². The second kappa shape index (κ2) is 9.39. The lowest BCUT2D eigenvalue weighted by atomic mass is 10.2. The molecule has 0 atom stereocenters. The van der Waals surface area contributed by atoms with Gasteiger partial charge in [0.2, 0.25) is 15.9 Å². The summed E-state index contributed by atoms with van der Waals surface area (Å²) in [6.07, 6.45) is 2.02. The van der Waals surface area contributed by atoms with Crippen LogP contribution in [0.1, 0.15) is 29.6 Å². The Bertz CT molecular complexity index is 987. The predicted molar refractivity (Wildman–Crippen MR) is 111 cm³/mol. The summed E-state index contributed by atoms with van der Waals surface area (Å²) in [5, 5.41) is 3.01. The van der Waals surface area contributed by atoms with Gasteiger partial charge in [-0.1, -0.05) is 17.7 Å². The average Bonchev–Trinajstić information content (AvgIpc) is 3.23. The fraction of sp³-hybridized carbons (Fsp3) is 0.300. The lowest BCUT2D eigenvalue weighted by molar-refractivity contribution is -0.116. The molecular weight excluding hydrogens is 414 g/mol. The Hall–Kier alpha value is -2.42. The van der Waals surface area contributed by atoms with Gasteiger partial charge in [-0.15, -0.1) is 0 Å². The number of benzene rings is 2. The normalized spacial score (nSPS) is 14.0. The molecule has 0 spiro atoms. The van der Waals surface area contributed by atoms with E-state index >= 15 is 0 Å². The molecule has 2 aromatic rings. The Balaban J connectivity index is 1.48. The van der Waals surface area contributed by atoms with Crippen LogP contribution < -0.4 is 10.0 Å². The summed E-state index contributed by atoms with van der Waals surface area (Å²) in [6.45, 7) is 1.51. The average molecular weight is 436 g/mol. The van der Waals surface area contributed by atoms with E-state index in [1.807, 2.05) is 4.90 Å². The van der Waals surface area contributed by atoms with Crippen molar-refractivity contribution in [2.45, 2.75) is 24.2 Å². The number of amides is 2. The van der Waals surface area contributed by atoms with Gasteiger partial charge in [0, 0.05) is 42.3 Å². The molecule has 3 rings (SSSR count). The van der Waals surface area contributed by atoms with Crippen molar-refractivity contribution < 1.29 is 18.0 Å². The first-order valence-corrected chi connectivity index (χ1v) is 11.2. The van der Waals surface area contributed by atoms with Crippen LogP contribution in [0.4, 0.5) is 5.69 Å². The van der Waals surface area contributed by atoms with Crippen molar-refractivity contribution in [2.75, 3.05) is 25.0 Å². The fourth-order valence-electron chi connectivity index (χ4n) is 3.04. The topological polar surface area (TPSA) is 95.6 Å². The van der Waals surface area contributed by atoms with Gasteiger partial charge in [0.15, 0.2) is 0 Å². The van der Waals surface area contributed by atoms with Gasteiger partial charge in [-0.25, -0.2) is 13.1 Å². The molecule has 2 N–H and O–H groups in total. The van der Waals surface area contributed by atoms with Gasteiger partial charge in [-0.3, -0.25) is 9.59 Å². The van der Waals surface area contributed by atoms with Crippen LogP contribution >= 0.6 is 11.6 Å². The molecule has 1 aliphatic heterocycles. The molecule has 154 valence electrons. The minimum Gasteiger partial charge on any atom is -0.339 e. The molecule has 0 saturated carbocycles. The van der Waals surface area contributed by atoms with E-state index in [2.05, 4.69) is 10.0 Å². The second-order valence-electron chi connectivity index (χ2n) is 6.73. The minimum atomic E-state index is -3.73. The molecule has 0 unspecified atom stereocenters. The first kappa shape index (κ1) is 21.3. The molecular formula is C20H22ClN3O4S. The molecule has 2 amide bonds. The van der Waals surface area contributed by atoms with Crippen LogP contribution in [-0.4, -0.2) is 44.8 Å². The molecule has 1 heterocycles. The highest BCUT2D eigenvalue weighted by molar-refractivity contribution is 7.89. The Kier molecular flexibility index (Phi) is 6.89.